The first kappa shape index (κ1) is 19.5. The molecule has 0 atom stereocenters. The number of rotatable bonds is 7. The molecule has 3 rings (SSSR count). The summed E-state index contributed by atoms with van der Waals surface area (Å²) in [4.78, 5) is 8.38. The third-order valence-electron chi connectivity index (χ3n) is 4.52. The lowest BCUT2D eigenvalue weighted by Gasteiger charge is -2.14. The van der Waals surface area contributed by atoms with Crippen LogP contribution in [-0.2, 0) is 19.6 Å². The van der Waals surface area contributed by atoms with Crippen LogP contribution >= 0.6 is 0 Å². The first-order valence-corrected chi connectivity index (χ1v) is 9.29. The lowest BCUT2D eigenvalue weighted by molar-refractivity contribution is 0.408. The Morgan fingerprint density at radius 3 is 2.50 bits per heavy atom. The average molecular weight is 377 g/mol. The van der Waals surface area contributed by atoms with Gasteiger partial charge >= 0.3 is 0 Å². The third-order valence-corrected chi connectivity index (χ3v) is 4.52. The number of imidazole rings is 1. The summed E-state index contributed by atoms with van der Waals surface area (Å²) in [7, 11) is 3.47. The van der Waals surface area contributed by atoms with E-state index in [1.807, 2.05) is 18.6 Å². The lowest BCUT2D eigenvalue weighted by atomic mass is 10.1. The van der Waals surface area contributed by atoms with Crippen molar-refractivity contribution >= 4 is 5.96 Å². The van der Waals surface area contributed by atoms with Crippen molar-refractivity contribution in [1.29, 1.82) is 0 Å². The Morgan fingerprint density at radius 1 is 1.07 bits per heavy atom. The van der Waals surface area contributed by atoms with Crippen molar-refractivity contribution in [3.8, 4) is 5.75 Å². The number of benzene rings is 2. The highest BCUT2D eigenvalue weighted by molar-refractivity contribution is 5.79. The van der Waals surface area contributed by atoms with Crippen LogP contribution < -0.4 is 15.4 Å². The molecule has 2 aromatic carbocycles. The lowest BCUT2D eigenvalue weighted by Crippen LogP contribution is -2.36. The number of aromatic nitrogens is 2. The summed E-state index contributed by atoms with van der Waals surface area (Å²) in [6.07, 6.45) is 5.59. The predicted octanol–water partition coefficient (Wildman–Crippen LogP) is 3.11. The van der Waals surface area contributed by atoms with Gasteiger partial charge in [-0.05, 0) is 29.7 Å². The van der Waals surface area contributed by atoms with Crippen LogP contribution in [0.25, 0.3) is 0 Å². The molecule has 146 valence electrons. The second-order valence-electron chi connectivity index (χ2n) is 6.65. The fourth-order valence-corrected chi connectivity index (χ4v) is 2.94. The molecule has 6 heteroatoms. The van der Waals surface area contributed by atoms with E-state index in [4.69, 9.17) is 4.74 Å². The summed E-state index contributed by atoms with van der Waals surface area (Å²) in [5.74, 6) is 1.64. The van der Waals surface area contributed by atoms with Crippen LogP contribution in [-0.4, -0.2) is 29.7 Å². The first-order chi connectivity index (χ1) is 13.7. The summed E-state index contributed by atoms with van der Waals surface area (Å²) in [5, 5.41) is 6.69. The Labute approximate surface area is 166 Å². The fourth-order valence-electron chi connectivity index (χ4n) is 2.94. The summed E-state index contributed by atoms with van der Waals surface area (Å²) in [6, 6.07) is 14.8. The molecule has 28 heavy (non-hydrogen) atoms. The van der Waals surface area contributed by atoms with Crippen LogP contribution in [0.15, 0.2) is 66.2 Å². The van der Waals surface area contributed by atoms with E-state index in [-0.39, 0.29) is 0 Å². The van der Waals surface area contributed by atoms with Gasteiger partial charge in [-0.15, -0.1) is 0 Å². The summed E-state index contributed by atoms with van der Waals surface area (Å²) < 4.78 is 7.52. The first-order valence-electron chi connectivity index (χ1n) is 9.29. The molecule has 0 bridgehead atoms. The number of methoxy groups -OCH3 is 1. The maximum atomic E-state index is 5.46. The molecule has 0 aliphatic rings. The van der Waals surface area contributed by atoms with Crippen LogP contribution in [0.3, 0.4) is 0 Å². The average Bonchev–Trinajstić information content (AvgIpc) is 3.23. The van der Waals surface area contributed by atoms with Gasteiger partial charge in [0.05, 0.1) is 13.4 Å². The zero-order valence-corrected chi connectivity index (χ0v) is 16.6. The molecule has 1 heterocycles. The van der Waals surface area contributed by atoms with Gasteiger partial charge in [-0.1, -0.05) is 36.4 Å². The standard InChI is InChI=1S/C22H27N5O/c1-17-4-9-20(21(12-17)28-3)14-26-22(23-2)25-13-18-5-7-19(8-6-18)15-27-11-10-24-16-27/h4-12,16H,13-15H2,1-3H3,(H2,23,25,26). The SMILES string of the molecule is CN=C(NCc1ccc(Cn2ccnc2)cc1)NCc1ccc(C)cc1OC. The maximum absolute atomic E-state index is 5.46. The minimum absolute atomic E-state index is 0.646. The number of hydrogen-bond donors (Lipinski definition) is 2. The molecule has 3 aromatic rings. The van der Waals surface area contributed by atoms with Crippen molar-refractivity contribution < 1.29 is 4.74 Å². The molecule has 0 aliphatic carbocycles. The Hall–Kier alpha value is -3.28. The zero-order valence-electron chi connectivity index (χ0n) is 16.6. The van der Waals surface area contributed by atoms with Crippen molar-refractivity contribution in [3.63, 3.8) is 0 Å². The van der Waals surface area contributed by atoms with Crippen molar-refractivity contribution in [2.75, 3.05) is 14.2 Å². The van der Waals surface area contributed by atoms with E-state index in [2.05, 4.69) is 68.5 Å². The molecular formula is C22H27N5O. The van der Waals surface area contributed by atoms with E-state index >= 15 is 0 Å². The van der Waals surface area contributed by atoms with Crippen molar-refractivity contribution in [1.82, 2.24) is 20.2 Å². The Kier molecular flexibility index (Phi) is 6.68. The predicted molar refractivity (Wildman–Crippen MR) is 113 cm³/mol. The van der Waals surface area contributed by atoms with E-state index in [0.717, 1.165) is 23.8 Å². The van der Waals surface area contributed by atoms with Gasteiger partial charge in [0.25, 0.3) is 0 Å². The second-order valence-corrected chi connectivity index (χ2v) is 6.65. The number of nitrogens with one attached hydrogen (secondary N) is 2. The summed E-state index contributed by atoms with van der Waals surface area (Å²) in [5.41, 5.74) is 4.72. The number of hydrogen-bond acceptors (Lipinski definition) is 3. The third kappa shape index (κ3) is 5.36. The molecule has 0 aliphatic heterocycles. The number of aliphatic imine (C=N–C) groups is 1. The van der Waals surface area contributed by atoms with Crippen molar-refractivity contribution in [2.45, 2.75) is 26.6 Å². The topological polar surface area (TPSA) is 63.5 Å². The van der Waals surface area contributed by atoms with E-state index in [9.17, 15) is 0 Å². The van der Waals surface area contributed by atoms with Crippen LogP contribution in [0, 0.1) is 6.92 Å². The zero-order chi connectivity index (χ0) is 19.8. The van der Waals surface area contributed by atoms with Gasteiger partial charge in [-0.2, -0.15) is 0 Å². The summed E-state index contributed by atoms with van der Waals surface area (Å²) >= 11 is 0. The second kappa shape index (κ2) is 9.60. The van der Waals surface area contributed by atoms with Crippen molar-refractivity contribution in [2.24, 2.45) is 4.99 Å². The number of ether oxygens (including phenoxy) is 1. The van der Waals surface area contributed by atoms with E-state index in [0.29, 0.717) is 13.1 Å². The molecule has 6 nitrogen and oxygen atoms in total. The number of guanidine groups is 1. The minimum atomic E-state index is 0.646. The van der Waals surface area contributed by atoms with Crippen LogP contribution in [0.2, 0.25) is 0 Å². The molecule has 0 saturated heterocycles. The van der Waals surface area contributed by atoms with Gasteiger partial charge < -0.3 is 19.9 Å². The summed E-state index contributed by atoms with van der Waals surface area (Å²) in [6.45, 7) is 4.24. The van der Waals surface area contributed by atoms with Gasteiger partial charge in [0.15, 0.2) is 5.96 Å². The molecule has 2 N–H and O–H groups in total. The number of nitrogens with zero attached hydrogens (tertiary/aromatic N) is 3. The molecule has 1 aromatic heterocycles. The van der Waals surface area contributed by atoms with E-state index < -0.39 is 0 Å². The molecular weight excluding hydrogens is 350 g/mol. The van der Waals surface area contributed by atoms with E-state index in [1.54, 1.807) is 20.4 Å². The normalized spacial score (nSPS) is 11.3. The molecule has 0 radical (unpaired) electrons. The molecule has 0 unspecified atom stereocenters. The smallest absolute Gasteiger partial charge is 0.191 e. The van der Waals surface area contributed by atoms with Gasteiger partial charge in [-0.25, -0.2) is 4.98 Å². The van der Waals surface area contributed by atoms with Gasteiger partial charge in [0, 0.05) is 44.6 Å². The molecule has 0 amide bonds. The molecule has 0 spiro atoms. The Balaban J connectivity index is 1.51. The number of aryl methyl sites for hydroxylation is 1. The highest BCUT2D eigenvalue weighted by Gasteiger charge is 2.05. The van der Waals surface area contributed by atoms with Crippen LogP contribution in [0.4, 0.5) is 0 Å². The monoisotopic (exact) mass is 377 g/mol. The van der Waals surface area contributed by atoms with E-state index in [1.165, 1.54) is 16.7 Å². The minimum Gasteiger partial charge on any atom is -0.496 e. The van der Waals surface area contributed by atoms with Crippen LogP contribution in [0.5, 0.6) is 5.75 Å². The van der Waals surface area contributed by atoms with Gasteiger partial charge in [0.1, 0.15) is 5.75 Å². The van der Waals surface area contributed by atoms with Crippen molar-refractivity contribution in [3.05, 3.63) is 83.4 Å². The van der Waals surface area contributed by atoms with Crippen LogP contribution in [0.1, 0.15) is 22.3 Å². The molecule has 0 fully saturated rings. The highest BCUT2D eigenvalue weighted by atomic mass is 16.5. The maximum Gasteiger partial charge on any atom is 0.191 e. The molecule has 0 saturated carbocycles. The van der Waals surface area contributed by atoms with Gasteiger partial charge in [-0.3, -0.25) is 4.99 Å². The largest absolute Gasteiger partial charge is 0.496 e. The Bertz CT molecular complexity index is 901. The quantitative estimate of drug-likeness (QED) is 0.491. The fraction of sp³-hybridized carbons (Fsp3) is 0.273. The van der Waals surface area contributed by atoms with Gasteiger partial charge in [0.2, 0.25) is 0 Å². The Morgan fingerprint density at radius 2 is 1.82 bits per heavy atom. The highest BCUT2D eigenvalue weighted by Crippen LogP contribution is 2.19.